The minimum Gasteiger partial charge on any atom is -0.497 e. The first kappa shape index (κ1) is 17.2. The molecule has 1 heterocycles. The van der Waals surface area contributed by atoms with Gasteiger partial charge in [0.2, 0.25) is 0 Å². The van der Waals surface area contributed by atoms with Crippen LogP contribution in [0.25, 0.3) is 0 Å². The van der Waals surface area contributed by atoms with Gasteiger partial charge < -0.3 is 19.5 Å². The number of guanidine groups is 1. The van der Waals surface area contributed by atoms with Crippen LogP contribution in [0.5, 0.6) is 5.75 Å². The molecule has 0 radical (unpaired) electrons. The molecule has 2 rings (SSSR count). The average molecular weight is 335 g/mol. The third kappa shape index (κ3) is 4.66. The Morgan fingerprint density at radius 1 is 1.39 bits per heavy atom. The van der Waals surface area contributed by atoms with E-state index in [1.165, 1.54) is 0 Å². The van der Waals surface area contributed by atoms with Gasteiger partial charge in [0, 0.05) is 39.6 Å². The molecule has 0 aliphatic carbocycles. The fourth-order valence-corrected chi connectivity index (χ4v) is 2.66. The maximum atomic E-state index is 6.04. The minimum absolute atomic E-state index is 0.683. The Balaban J connectivity index is 1.97. The highest BCUT2D eigenvalue weighted by Gasteiger charge is 2.09. The Bertz CT molecular complexity index is 681. The van der Waals surface area contributed by atoms with Crippen LogP contribution in [-0.4, -0.2) is 36.6 Å². The summed E-state index contributed by atoms with van der Waals surface area (Å²) in [7, 11) is 7.44. The van der Waals surface area contributed by atoms with Gasteiger partial charge in [-0.3, -0.25) is 4.99 Å². The maximum Gasteiger partial charge on any atom is 0.194 e. The topological polar surface area (TPSA) is 41.8 Å². The zero-order valence-electron chi connectivity index (χ0n) is 14.0. The number of hydrogen-bond donors (Lipinski definition) is 1. The van der Waals surface area contributed by atoms with E-state index in [0.29, 0.717) is 6.54 Å². The lowest BCUT2D eigenvalue weighted by atomic mass is 10.2. The molecule has 23 heavy (non-hydrogen) atoms. The minimum atomic E-state index is 0.683. The van der Waals surface area contributed by atoms with Crippen molar-refractivity contribution in [2.24, 2.45) is 12.0 Å². The standard InChI is InChI=1S/C17H23ClN4O/c1-19-17(20-10-13-6-5-7-16(8-13)23-4)22(3)12-15-9-14(18)11-21(15)2/h5-9,11H,10,12H2,1-4H3,(H,19,20). The summed E-state index contributed by atoms with van der Waals surface area (Å²) in [6, 6.07) is 9.95. The molecule has 124 valence electrons. The van der Waals surface area contributed by atoms with Crippen molar-refractivity contribution < 1.29 is 4.74 Å². The van der Waals surface area contributed by atoms with Crippen molar-refractivity contribution in [2.75, 3.05) is 21.2 Å². The van der Waals surface area contributed by atoms with Crippen LogP contribution in [0.2, 0.25) is 5.02 Å². The van der Waals surface area contributed by atoms with Gasteiger partial charge in [-0.2, -0.15) is 0 Å². The SMILES string of the molecule is CN=C(NCc1cccc(OC)c1)N(C)Cc1cc(Cl)cn1C. The van der Waals surface area contributed by atoms with E-state index in [9.17, 15) is 0 Å². The molecule has 0 aliphatic rings. The zero-order chi connectivity index (χ0) is 16.8. The van der Waals surface area contributed by atoms with Crippen LogP contribution in [0.4, 0.5) is 0 Å². The number of methoxy groups -OCH3 is 1. The molecule has 2 aromatic rings. The molecule has 0 amide bonds. The number of nitrogens with one attached hydrogen (secondary N) is 1. The van der Waals surface area contributed by atoms with Gasteiger partial charge >= 0.3 is 0 Å². The van der Waals surface area contributed by atoms with Gasteiger partial charge in [0.25, 0.3) is 0 Å². The molecule has 0 bridgehead atoms. The van der Waals surface area contributed by atoms with E-state index in [-0.39, 0.29) is 0 Å². The van der Waals surface area contributed by atoms with Crippen LogP contribution in [0.15, 0.2) is 41.5 Å². The molecule has 0 saturated carbocycles. The van der Waals surface area contributed by atoms with Gasteiger partial charge in [-0.05, 0) is 23.8 Å². The van der Waals surface area contributed by atoms with Crippen molar-refractivity contribution in [3.05, 3.63) is 52.8 Å². The second kappa shape index (κ2) is 7.92. The summed E-state index contributed by atoms with van der Waals surface area (Å²) < 4.78 is 7.27. The zero-order valence-corrected chi connectivity index (χ0v) is 14.8. The summed E-state index contributed by atoms with van der Waals surface area (Å²) in [5.74, 6) is 1.68. The molecular formula is C17H23ClN4O. The van der Waals surface area contributed by atoms with E-state index in [2.05, 4.69) is 21.3 Å². The maximum absolute atomic E-state index is 6.04. The second-order valence-electron chi connectivity index (χ2n) is 5.37. The first-order valence-electron chi connectivity index (χ1n) is 7.39. The summed E-state index contributed by atoms with van der Waals surface area (Å²) in [5, 5.41) is 4.11. The summed E-state index contributed by atoms with van der Waals surface area (Å²) >= 11 is 6.04. The number of ether oxygens (including phenoxy) is 1. The number of rotatable bonds is 5. The highest BCUT2D eigenvalue weighted by molar-refractivity contribution is 6.30. The molecule has 6 heteroatoms. The first-order valence-corrected chi connectivity index (χ1v) is 7.76. The Labute approximate surface area is 142 Å². The normalized spacial score (nSPS) is 11.4. The lowest BCUT2D eigenvalue weighted by molar-refractivity contribution is 0.414. The summed E-state index contributed by atoms with van der Waals surface area (Å²) in [6.07, 6.45) is 1.90. The summed E-state index contributed by atoms with van der Waals surface area (Å²) in [4.78, 5) is 6.40. The monoisotopic (exact) mass is 334 g/mol. The Morgan fingerprint density at radius 2 is 2.17 bits per heavy atom. The van der Waals surface area contributed by atoms with Crippen molar-refractivity contribution >= 4 is 17.6 Å². The number of halogens is 1. The van der Waals surface area contributed by atoms with Crippen molar-refractivity contribution in [1.82, 2.24) is 14.8 Å². The highest BCUT2D eigenvalue weighted by atomic mass is 35.5. The molecule has 1 aromatic carbocycles. The van der Waals surface area contributed by atoms with Gasteiger partial charge in [-0.15, -0.1) is 0 Å². The van der Waals surface area contributed by atoms with Crippen molar-refractivity contribution in [2.45, 2.75) is 13.1 Å². The Kier molecular flexibility index (Phi) is 5.93. The number of aliphatic imine (C=N–C) groups is 1. The highest BCUT2D eigenvalue weighted by Crippen LogP contribution is 2.15. The van der Waals surface area contributed by atoms with Crippen LogP contribution in [0.3, 0.4) is 0 Å². The predicted molar refractivity (Wildman–Crippen MR) is 95.1 cm³/mol. The summed E-state index contributed by atoms with van der Waals surface area (Å²) in [6.45, 7) is 1.41. The number of hydrogen-bond acceptors (Lipinski definition) is 2. The number of benzene rings is 1. The van der Waals surface area contributed by atoms with E-state index in [4.69, 9.17) is 16.3 Å². The fourth-order valence-electron chi connectivity index (χ4n) is 2.39. The lowest BCUT2D eigenvalue weighted by Crippen LogP contribution is -2.38. The van der Waals surface area contributed by atoms with E-state index in [1.807, 2.05) is 49.1 Å². The number of nitrogens with zero attached hydrogens (tertiary/aromatic N) is 3. The molecular weight excluding hydrogens is 312 g/mol. The molecule has 0 spiro atoms. The second-order valence-corrected chi connectivity index (χ2v) is 5.81. The van der Waals surface area contributed by atoms with Crippen LogP contribution < -0.4 is 10.1 Å². The van der Waals surface area contributed by atoms with Gasteiger partial charge in [-0.1, -0.05) is 23.7 Å². The molecule has 1 N–H and O–H groups in total. The van der Waals surface area contributed by atoms with Gasteiger partial charge in [-0.25, -0.2) is 0 Å². The van der Waals surface area contributed by atoms with Gasteiger partial charge in [0.05, 0.1) is 18.7 Å². The first-order chi connectivity index (χ1) is 11.0. The smallest absolute Gasteiger partial charge is 0.194 e. The number of aromatic nitrogens is 1. The average Bonchev–Trinajstić information content (AvgIpc) is 2.85. The fraction of sp³-hybridized carbons (Fsp3) is 0.353. The largest absolute Gasteiger partial charge is 0.497 e. The Hall–Kier alpha value is -2.14. The predicted octanol–water partition coefficient (Wildman–Crippen LogP) is 2.89. The van der Waals surface area contributed by atoms with Gasteiger partial charge in [0.1, 0.15) is 5.75 Å². The molecule has 0 fully saturated rings. The molecule has 0 saturated heterocycles. The van der Waals surface area contributed by atoms with Crippen LogP contribution in [0.1, 0.15) is 11.3 Å². The quantitative estimate of drug-likeness (QED) is 0.675. The third-order valence-electron chi connectivity index (χ3n) is 3.63. The van der Waals surface area contributed by atoms with Crippen molar-refractivity contribution in [1.29, 1.82) is 0 Å². The van der Waals surface area contributed by atoms with Crippen LogP contribution in [-0.2, 0) is 20.1 Å². The van der Waals surface area contributed by atoms with E-state index >= 15 is 0 Å². The van der Waals surface area contributed by atoms with E-state index in [0.717, 1.165) is 34.5 Å². The third-order valence-corrected chi connectivity index (χ3v) is 3.84. The Morgan fingerprint density at radius 3 is 2.78 bits per heavy atom. The lowest BCUT2D eigenvalue weighted by Gasteiger charge is -2.22. The van der Waals surface area contributed by atoms with Crippen LogP contribution >= 0.6 is 11.6 Å². The number of aryl methyl sites for hydroxylation is 1. The van der Waals surface area contributed by atoms with E-state index in [1.54, 1.807) is 14.2 Å². The molecule has 0 aliphatic heterocycles. The van der Waals surface area contributed by atoms with E-state index < -0.39 is 0 Å². The molecule has 0 unspecified atom stereocenters. The van der Waals surface area contributed by atoms with Crippen molar-refractivity contribution in [3.63, 3.8) is 0 Å². The van der Waals surface area contributed by atoms with Gasteiger partial charge in [0.15, 0.2) is 5.96 Å². The van der Waals surface area contributed by atoms with Crippen molar-refractivity contribution in [3.8, 4) is 5.75 Å². The van der Waals surface area contributed by atoms with Crippen LogP contribution in [0, 0.1) is 0 Å². The molecule has 1 aromatic heterocycles. The molecule has 0 atom stereocenters. The molecule has 5 nitrogen and oxygen atoms in total. The summed E-state index contributed by atoms with van der Waals surface area (Å²) in [5.41, 5.74) is 2.27.